The van der Waals surface area contributed by atoms with Crippen LogP contribution < -0.4 is 5.32 Å². The number of amides is 1. The first-order valence-electron chi connectivity index (χ1n) is 6.04. The predicted molar refractivity (Wildman–Crippen MR) is 76.5 cm³/mol. The molecule has 1 amide bonds. The van der Waals surface area contributed by atoms with Crippen molar-refractivity contribution in [3.63, 3.8) is 0 Å². The third-order valence-corrected chi connectivity index (χ3v) is 4.47. The molecule has 6 heteroatoms. The number of hydrogen-bond donors (Lipinski definition) is 3. The molecule has 0 heterocycles. The highest BCUT2D eigenvalue weighted by Crippen LogP contribution is 2.40. The third kappa shape index (κ3) is 3.04. The van der Waals surface area contributed by atoms with Gasteiger partial charge in [-0.2, -0.15) is 0 Å². The van der Waals surface area contributed by atoms with Crippen LogP contribution in [0.1, 0.15) is 29.6 Å². The number of carbonyl (C=O) groups is 1. The highest BCUT2D eigenvalue weighted by atomic mass is 79.9. The Morgan fingerprint density at radius 2 is 2.16 bits per heavy atom. The van der Waals surface area contributed by atoms with E-state index < -0.39 is 0 Å². The van der Waals surface area contributed by atoms with E-state index in [1.54, 1.807) is 0 Å². The van der Waals surface area contributed by atoms with Gasteiger partial charge in [0.25, 0.3) is 5.91 Å². The number of aromatic hydroxyl groups is 1. The van der Waals surface area contributed by atoms with Crippen LogP contribution in [0, 0.1) is 5.41 Å². The maximum atomic E-state index is 12.0. The second kappa shape index (κ2) is 5.69. The molecule has 1 fully saturated rings. The van der Waals surface area contributed by atoms with E-state index >= 15 is 0 Å². The Kier molecular flexibility index (Phi) is 4.38. The molecule has 19 heavy (non-hydrogen) atoms. The molecule has 0 aromatic heterocycles. The largest absolute Gasteiger partial charge is 0.506 e. The predicted octanol–water partition coefficient (Wildman–Crippen LogP) is 2.70. The van der Waals surface area contributed by atoms with Crippen LogP contribution in [-0.2, 0) is 0 Å². The minimum absolute atomic E-state index is 0.0680. The Hall–Kier alpha value is -0.780. The molecule has 2 rings (SSSR count). The summed E-state index contributed by atoms with van der Waals surface area (Å²) in [7, 11) is 0. The van der Waals surface area contributed by atoms with Crippen molar-refractivity contribution in [3.05, 3.63) is 27.2 Å². The first kappa shape index (κ1) is 14.6. The molecule has 4 nitrogen and oxygen atoms in total. The van der Waals surface area contributed by atoms with Crippen molar-refractivity contribution in [2.75, 3.05) is 13.2 Å². The number of aliphatic hydroxyl groups is 1. The number of rotatable bonds is 4. The smallest absolute Gasteiger partial charge is 0.255 e. The molecule has 0 bridgehead atoms. The fourth-order valence-electron chi connectivity index (χ4n) is 2.17. The summed E-state index contributed by atoms with van der Waals surface area (Å²) in [6, 6.07) is 2.94. The van der Waals surface area contributed by atoms with Gasteiger partial charge in [0.05, 0.1) is 16.6 Å². The van der Waals surface area contributed by atoms with Crippen molar-refractivity contribution in [2.24, 2.45) is 5.41 Å². The molecule has 3 N–H and O–H groups in total. The Morgan fingerprint density at radius 3 is 2.68 bits per heavy atom. The number of phenolic OH excluding ortho intramolecular Hbond substituents is 1. The van der Waals surface area contributed by atoms with E-state index in [-0.39, 0.29) is 29.2 Å². The van der Waals surface area contributed by atoms with Gasteiger partial charge < -0.3 is 15.5 Å². The second-order valence-corrected chi connectivity index (χ2v) is 6.27. The first-order valence-corrected chi connectivity index (χ1v) is 7.22. The Bertz CT molecular complexity index is 497. The van der Waals surface area contributed by atoms with E-state index in [1.165, 1.54) is 12.1 Å². The molecule has 1 aromatic rings. The van der Waals surface area contributed by atoms with Crippen molar-refractivity contribution in [2.45, 2.75) is 19.3 Å². The fourth-order valence-corrected chi connectivity index (χ4v) is 2.98. The lowest BCUT2D eigenvalue weighted by molar-refractivity contribution is 0.0428. The van der Waals surface area contributed by atoms with E-state index in [1.807, 2.05) is 0 Å². The maximum Gasteiger partial charge on any atom is 0.255 e. The average molecular weight is 349 g/mol. The quantitative estimate of drug-likeness (QED) is 0.783. The summed E-state index contributed by atoms with van der Waals surface area (Å²) in [4.78, 5) is 12.0. The lowest BCUT2D eigenvalue weighted by Crippen LogP contribution is -2.44. The number of carbonyl (C=O) groups excluding carboxylic acids is 1. The molecule has 1 aromatic carbocycles. The number of benzene rings is 1. The molecule has 0 unspecified atom stereocenters. The molecule has 0 aliphatic heterocycles. The van der Waals surface area contributed by atoms with Gasteiger partial charge in [0.1, 0.15) is 5.75 Å². The summed E-state index contributed by atoms with van der Waals surface area (Å²) in [6.45, 7) is 0.477. The van der Waals surface area contributed by atoms with E-state index in [0.717, 1.165) is 19.3 Å². The highest BCUT2D eigenvalue weighted by molar-refractivity contribution is 9.10. The third-order valence-electron chi connectivity index (χ3n) is 3.65. The maximum absolute atomic E-state index is 12.0. The summed E-state index contributed by atoms with van der Waals surface area (Å²) in [5.41, 5.74) is -0.0621. The zero-order chi connectivity index (χ0) is 14.0. The van der Waals surface area contributed by atoms with Crippen LogP contribution in [0.3, 0.4) is 0 Å². The van der Waals surface area contributed by atoms with Gasteiger partial charge in [0.2, 0.25) is 0 Å². The molecule has 0 saturated heterocycles. The monoisotopic (exact) mass is 347 g/mol. The molecular weight excluding hydrogens is 334 g/mol. The Balaban J connectivity index is 2.08. The van der Waals surface area contributed by atoms with E-state index in [9.17, 15) is 15.0 Å². The Morgan fingerprint density at radius 1 is 1.47 bits per heavy atom. The minimum Gasteiger partial charge on any atom is -0.506 e. The summed E-state index contributed by atoms with van der Waals surface area (Å²) >= 11 is 9.00. The summed E-state index contributed by atoms with van der Waals surface area (Å²) < 4.78 is 0.380. The van der Waals surface area contributed by atoms with E-state index in [4.69, 9.17) is 11.6 Å². The van der Waals surface area contributed by atoms with Gasteiger partial charge in [-0.15, -0.1) is 0 Å². The van der Waals surface area contributed by atoms with Crippen LogP contribution in [-0.4, -0.2) is 29.3 Å². The van der Waals surface area contributed by atoms with E-state index in [0.29, 0.717) is 16.0 Å². The van der Waals surface area contributed by atoms with Crippen LogP contribution in [0.2, 0.25) is 5.02 Å². The number of phenols is 1. The van der Waals surface area contributed by atoms with Gasteiger partial charge >= 0.3 is 0 Å². The summed E-state index contributed by atoms with van der Waals surface area (Å²) in [6.07, 6.45) is 2.90. The van der Waals surface area contributed by atoms with Crippen LogP contribution in [0.15, 0.2) is 16.6 Å². The van der Waals surface area contributed by atoms with Crippen molar-refractivity contribution in [1.82, 2.24) is 5.32 Å². The second-order valence-electron chi connectivity index (χ2n) is 4.98. The van der Waals surface area contributed by atoms with Gasteiger partial charge in [-0.05, 0) is 40.9 Å². The molecule has 1 saturated carbocycles. The van der Waals surface area contributed by atoms with Crippen molar-refractivity contribution >= 4 is 33.4 Å². The zero-order valence-corrected chi connectivity index (χ0v) is 12.6. The van der Waals surface area contributed by atoms with Crippen molar-refractivity contribution < 1.29 is 15.0 Å². The highest BCUT2D eigenvalue weighted by Gasteiger charge is 2.36. The van der Waals surface area contributed by atoms with Gasteiger partial charge in [-0.1, -0.05) is 18.0 Å². The number of aliphatic hydroxyl groups excluding tert-OH is 1. The Labute approximate surface area is 124 Å². The minimum atomic E-state index is -0.388. The van der Waals surface area contributed by atoms with Gasteiger partial charge in [-0.25, -0.2) is 0 Å². The molecular formula is C13H15BrClNO3. The van der Waals surface area contributed by atoms with E-state index in [2.05, 4.69) is 21.2 Å². The van der Waals surface area contributed by atoms with Crippen molar-refractivity contribution in [3.8, 4) is 5.75 Å². The molecule has 1 aliphatic carbocycles. The van der Waals surface area contributed by atoms with Crippen LogP contribution in [0.25, 0.3) is 0 Å². The normalized spacial score (nSPS) is 16.8. The lowest BCUT2D eigenvalue weighted by Gasteiger charge is -2.40. The fraction of sp³-hybridized carbons (Fsp3) is 0.462. The topological polar surface area (TPSA) is 69.6 Å². The van der Waals surface area contributed by atoms with Crippen LogP contribution >= 0.6 is 27.5 Å². The average Bonchev–Trinajstić information content (AvgIpc) is 2.32. The van der Waals surface area contributed by atoms with Crippen LogP contribution in [0.4, 0.5) is 0 Å². The molecule has 104 valence electrons. The number of hydrogen-bond acceptors (Lipinski definition) is 3. The summed E-state index contributed by atoms with van der Waals surface area (Å²) in [5, 5.41) is 22.3. The first-order chi connectivity index (χ1) is 8.97. The molecule has 1 aliphatic rings. The van der Waals surface area contributed by atoms with Crippen LogP contribution in [0.5, 0.6) is 5.75 Å². The lowest BCUT2D eigenvalue weighted by atomic mass is 9.69. The van der Waals surface area contributed by atoms with Gasteiger partial charge in [-0.3, -0.25) is 4.79 Å². The standard InChI is InChI=1S/C13H15BrClNO3/c14-10-5-8(15)4-9(11(10)18)12(19)16-6-13(7-17)2-1-3-13/h4-5,17-18H,1-3,6-7H2,(H,16,19). The zero-order valence-electron chi connectivity index (χ0n) is 10.2. The number of halogens is 2. The van der Waals surface area contributed by atoms with Crippen molar-refractivity contribution in [1.29, 1.82) is 0 Å². The van der Waals surface area contributed by atoms with Gasteiger partial charge in [0.15, 0.2) is 0 Å². The molecule has 0 atom stereocenters. The number of nitrogens with one attached hydrogen (secondary N) is 1. The molecule has 0 radical (unpaired) electrons. The SMILES string of the molecule is O=C(NCC1(CO)CCC1)c1cc(Cl)cc(Br)c1O. The molecule has 0 spiro atoms. The summed E-state index contributed by atoms with van der Waals surface area (Å²) in [5.74, 6) is -0.519. The van der Waals surface area contributed by atoms with Gasteiger partial charge in [0, 0.05) is 17.0 Å².